The summed E-state index contributed by atoms with van der Waals surface area (Å²) in [6.45, 7) is 0.0871. The number of halogens is 1. The maximum atomic E-state index is 13.7. The molecule has 0 spiro atoms. The van der Waals surface area contributed by atoms with E-state index in [-0.39, 0.29) is 24.0 Å². The third kappa shape index (κ3) is 4.10. The average Bonchev–Trinajstić information content (AvgIpc) is 3.08. The van der Waals surface area contributed by atoms with Gasteiger partial charge in [0, 0.05) is 17.2 Å². The van der Waals surface area contributed by atoms with Gasteiger partial charge in [-0.3, -0.25) is 4.79 Å². The van der Waals surface area contributed by atoms with Gasteiger partial charge in [0.15, 0.2) is 5.76 Å². The smallest absolute Gasteiger partial charge is 0.231 e. The summed E-state index contributed by atoms with van der Waals surface area (Å²) in [6, 6.07) is 19.0. The summed E-state index contributed by atoms with van der Waals surface area (Å²) < 4.78 is 30.4. The highest BCUT2D eigenvalue weighted by molar-refractivity contribution is 6.12. The summed E-state index contributed by atoms with van der Waals surface area (Å²) in [7, 11) is 1.61. The van der Waals surface area contributed by atoms with Crippen LogP contribution in [0.2, 0.25) is 0 Å². The second kappa shape index (κ2) is 8.66. The van der Waals surface area contributed by atoms with Crippen LogP contribution in [-0.4, -0.2) is 12.9 Å². The van der Waals surface area contributed by atoms with Crippen LogP contribution in [0.3, 0.4) is 0 Å². The van der Waals surface area contributed by atoms with E-state index in [9.17, 15) is 9.18 Å². The standard InChI is InChI=1S/C25H19FO4/c1-28-22-11-5-3-7-17(22)9-6-12-23-25(27)20-14-13-19(15-24(20)30-23)29-16-18-8-2-4-10-21(18)26/h2-15H,16H2,1H3/b9-6+,23-12+. The number of hydrogen-bond donors (Lipinski definition) is 0. The molecule has 0 aromatic heterocycles. The molecule has 1 aliphatic rings. The van der Waals surface area contributed by atoms with Crippen molar-refractivity contribution in [3.05, 3.63) is 107 Å². The van der Waals surface area contributed by atoms with Gasteiger partial charge in [0.05, 0.1) is 12.7 Å². The van der Waals surface area contributed by atoms with Crippen LogP contribution in [0.5, 0.6) is 17.2 Å². The maximum Gasteiger partial charge on any atom is 0.231 e. The van der Waals surface area contributed by atoms with Crippen LogP contribution < -0.4 is 14.2 Å². The summed E-state index contributed by atoms with van der Waals surface area (Å²) in [4.78, 5) is 12.6. The molecule has 0 unspecified atom stereocenters. The molecule has 3 aromatic carbocycles. The lowest BCUT2D eigenvalue weighted by atomic mass is 10.1. The second-order valence-electron chi connectivity index (χ2n) is 6.60. The van der Waals surface area contributed by atoms with Crippen molar-refractivity contribution in [2.75, 3.05) is 7.11 Å². The number of benzene rings is 3. The molecule has 0 radical (unpaired) electrons. The van der Waals surface area contributed by atoms with Crippen molar-refractivity contribution in [1.82, 2.24) is 0 Å². The summed E-state index contributed by atoms with van der Waals surface area (Å²) in [5, 5.41) is 0. The Hall–Kier alpha value is -3.86. The topological polar surface area (TPSA) is 44.8 Å². The zero-order chi connectivity index (χ0) is 20.9. The number of allylic oxidation sites excluding steroid dienone is 3. The summed E-state index contributed by atoms with van der Waals surface area (Å²) in [5.41, 5.74) is 1.81. The number of carbonyl (C=O) groups excluding carboxylic acids is 1. The quantitative estimate of drug-likeness (QED) is 0.505. The van der Waals surface area contributed by atoms with Crippen LogP contribution in [0.15, 0.2) is 84.6 Å². The Bertz CT molecular complexity index is 1150. The van der Waals surface area contributed by atoms with E-state index >= 15 is 0 Å². The van der Waals surface area contributed by atoms with Gasteiger partial charge in [-0.2, -0.15) is 0 Å². The molecule has 5 heteroatoms. The molecule has 0 saturated carbocycles. The van der Waals surface area contributed by atoms with Crippen molar-refractivity contribution in [1.29, 1.82) is 0 Å². The van der Waals surface area contributed by atoms with Crippen LogP contribution in [0.25, 0.3) is 6.08 Å². The lowest BCUT2D eigenvalue weighted by Crippen LogP contribution is -1.98. The predicted molar refractivity (Wildman–Crippen MR) is 112 cm³/mol. The van der Waals surface area contributed by atoms with Crippen LogP contribution in [0.1, 0.15) is 21.5 Å². The molecule has 150 valence electrons. The van der Waals surface area contributed by atoms with Gasteiger partial charge < -0.3 is 14.2 Å². The Balaban J connectivity index is 1.47. The molecular weight excluding hydrogens is 383 g/mol. The Kier molecular flexibility index (Phi) is 5.61. The van der Waals surface area contributed by atoms with E-state index < -0.39 is 0 Å². The Morgan fingerprint density at radius 2 is 1.83 bits per heavy atom. The molecular formula is C25H19FO4. The molecule has 30 heavy (non-hydrogen) atoms. The zero-order valence-electron chi connectivity index (χ0n) is 16.3. The number of carbonyl (C=O) groups is 1. The third-order valence-electron chi connectivity index (χ3n) is 4.66. The first-order valence-electron chi connectivity index (χ1n) is 9.40. The molecule has 0 N–H and O–H groups in total. The fourth-order valence-electron chi connectivity index (χ4n) is 3.09. The zero-order valence-corrected chi connectivity index (χ0v) is 16.3. The number of para-hydroxylation sites is 1. The normalized spacial score (nSPS) is 14.1. The molecule has 0 fully saturated rings. The van der Waals surface area contributed by atoms with Gasteiger partial charge in [-0.1, -0.05) is 48.6 Å². The molecule has 4 nitrogen and oxygen atoms in total. The van der Waals surface area contributed by atoms with Crippen molar-refractivity contribution in [3.63, 3.8) is 0 Å². The number of Topliss-reactive ketones (excluding diaryl/α,β-unsaturated/α-hetero) is 1. The molecule has 0 aliphatic carbocycles. The first-order chi connectivity index (χ1) is 14.7. The fourth-order valence-corrected chi connectivity index (χ4v) is 3.09. The summed E-state index contributed by atoms with van der Waals surface area (Å²) >= 11 is 0. The number of fused-ring (bicyclic) bond motifs is 1. The Morgan fingerprint density at radius 3 is 2.67 bits per heavy atom. The second-order valence-corrected chi connectivity index (χ2v) is 6.60. The van der Waals surface area contributed by atoms with E-state index in [1.165, 1.54) is 6.07 Å². The number of ketones is 1. The van der Waals surface area contributed by atoms with Gasteiger partial charge in [-0.25, -0.2) is 4.39 Å². The number of rotatable bonds is 6. The van der Waals surface area contributed by atoms with E-state index in [2.05, 4.69) is 0 Å². The van der Waals surface area contributed by atoms with Crippen LogP contribution in [0.4, 0.5) is 4.39 Å². The Labute approximate surface area is 173 Å². The SMILES string of the molecule is COc1ccccc1/C=C/C=C1/Oc2cc(OCc3ccccc3F)ccc2C1=O. The van der Waals surface area contributed by atoms with Crippen molar-refractivity contribution >= 4 is 11.9 Å². The van der Waals surface area contributed by atoms with Gasteiger partial charge in [0.25, 0.3) is 0 Å². The first kappa shape index (κ1) is 19.5. The molecule has 0 atom stereocenters. The highest BCUT2D eigenvalue weighted by atomic mass is 19.1. The average molecular weight is 402 g/mol. The molecule has 0 amide bonds. The lowest BCUT2D eigenvalue weighted by Gasteiger charge is -2.08. The van der Waals surface area contributed by atoms with Gasteiger partial charge in [-0.05, 0) is 30.3 Å². The van der Waals surface area contributed by atoms with E-state index in [1.807, 2.05) is 30.3 Å². The minimum Gasteiger partial charge on any atom is -0.496 e. The van der Waals surface area contributed by atoms with Gasteiger partial charge in [-0.15, -0.1) is 0 Å². The highest BCUT2D eigenvalue weighted by Gasteiger charge is 2.27. The van der Waals surface area contributed by atoms with E-state index in [4.69, 9.17) is 14.2 Å². The number of hydrogen-bond acceptors (Lipinski definition) is 4. The van der Waals surface area contributed by atoms with Crippen LogP contribution >= 0.6 is 0 Å². The minimum atomic E-state index is -0.322. The largest absolute Gasteiger partial charge is 0.496 e. The summed E-state index contributed by atoms with van der Waals surface area (Å²) in [5.74, 6) is 1.36. The molecule has 0 saturated heterocycles. The molecule has 3 aromatic rings. The van der Waals surface area contributed by atoms with Crippen molar-refractivity contribution < 1.29 is 23.4 Å². The Morgan fingerprint density at radius 1 is 1.03 bits per heavy atom. The highest BCUT2D eigenvalue weighted by Crippen LogP contribution is 2.34. The van der Waals surface area contributed by atoms with E-state index in [0.717, 1.165) is 11.3 Å². The van der Waals surface area contributed by atoms with Gasteiger partial charge in [0.2, 0.25) is 5.78 Å². The maximum absolute atomic E-state index is 13.7. The first-order valence-corrected chi connectivity index (χ1v) is 9.40. The number of methoxy groups -OCH3 is 1. The third-order valence-corrected chi connectivity index (χ3v) is 4.66. The van der Waals surface area contributed by atoms with Crippen molar-refractivity contribution in [2.24, 2.45) is 0 Å². The van der Waals surface area contributed by atoms with E-state index in [0.29, 0.717) is 22.6 Å². The van der Waals surface area contributed by atoms with Crippen LogP contribution in [-0.2, 0) is 6.61 Å². The van der Waals surface area contributed by atoms with Crippen LogP contribution in [0, 0.1) is 5.82 Å². The summed E-state index contributed by atoms with van der Waals surface area (Å²) in [6.07, 6.45) is 5.20. The van der Waals surface area contributed by atoms with Crippen molar-refractivity contribution in [3.8, 4) is 17.2 Å². The molecule has 1 aliphatic heterocycles. The molecule has 1 heterocycles. The fraction of sp³-hybridized carbons (Fsp3) is 0.0800. The minimum absolute atomic E-state index is 0.0871. The van der Waals surface area contributed by atoms with Gasteiger partial charge in [0.1, 0.15) is 29.7 Å². The van der Waals surface area contributed by atoms with E-state index in [1.54, 1.807) is 55.7 Å². The van der Waals surface area contributed by atoms with Gasteiger partial charge >= 0.3 is 0 Å². The predicted octanol–water partition coefficient (Wildman–Crippen LogP) is 5.59. The molecule has 0 bridgehead atoms. The molecule has 4 rings (SSSR count). The lowest BCUT2D eigenvalue weighted by molar-refractivity contribution is 0.101. The number of ether oxygens (including phenoxy) is 3. The van der Waals surface area contributed by atoms with Crippen molar-refractivity contribution in [2.45, 2.75) is 6.61 Å². The monoisotopic (exact) mass is 402 g/mol.